The largest absolute Gasteiger partial charge is 0.275 e. The Kier molecular flexibility index (Phi) is 5.06. The molecule has 0 aliphatic carbocycles. The number of unbranched alkanes of at least 4 members (excludes halogenated alkanes) is 1. The van der Waals surface area contributed by atoms with E-state index < -0.39 is 0 Å². The van der Waals surface area contributed by atoms with Crippen LogP contribution in [0.5, 0.6) is 0 Å². The fourth-order valence-electron chi connectivity index (χ4n) is 2.24. The van der Waals surface area contributed by atoms with E-state index in [9.17, 15) is 0 Å². The van der Waals surface area contributed by atoms with Crippen LogP contribution < -0.4 is 0 Å². The Morgan fingerprint density at radius 3 is 2.87 bits per heavy atom. The lowest BCUT2D eigenvalue weighted by molar-refractivity contribution is 0.391. The Morgan fingerprint density at radius 1 is 1.35 bits per heavy atom. The molecule has 1 aliphatic heterocycles. The van der Waals surface area contributed by atoms with Crippen molar-refractivity contribution >= 4 is 39.2 Å². The molecule has 9 heteroatoms. The molecule has 0 spiro atoms. The maximum absolute atomic E-state index is 4.69. The number of hydrazone groups is 1. The van der Waals surface area contributed by atoms with Crippen molar-refractivity contribution in [3.63, 3.8) is 0 Å². The maximum atomic E-state index is 4.69. The number of aryl methyl sites for hydroxylation is 1. The molecule has 1 atom stereocenters. The highest BCUT2D eigenvalue weighted by Crippen LogP contribution is 2.31. The molecule has 3 heterocycles. The van der Waals surface area contributed by atoms with E-state index in [1.165, 1.54) is 11.3 Å². The summed E-state index contributed by atoms with van der Waals surface area (Å²) < 4.78 is 1.87. The maximum Gasteiger partial charge on any atom is 0.235 e. The summed E-state index contributed by atoms with van der Waals surface area (Å²) in [6.07, 6.45) is 8.73. The van der Waals surface area contributed by atoms with Crippen LogP contribution in [0.3, 0.4) is 0 Å². The molecule has 2 aromatic rings. The SMILES string of the molecule is CCCCC1SC(C)=NN1/C(=N/c1nnc(C)s1)n1ccnc1. The molecule has 7 nitrogen and oxygen atoms in total. The van der Waals surface area contributed by atoms with Crippen molar-refractivity contribution in [3.8, 4) is 0 Å². The van der Waals surface area contributed by atoms with Gasteiger partial charge in [-0.2, -0.15) is 10.1 Å². The third-order valence-electron chi connectivity index (χ3n) is 3.28. The highest BCUT2D eigenvalue weighted by molar-refractivity contribution is 8.14. The standard InChI is InChI=1S/C14H19N7S2/c1-4-5-6-12-21(19-11(3)22-12)14(20-8-7-15-9-20)16-13-18-17-10(2)23-13/h7-9,12H,4-6H2,1-3H3/b16-14+. The van der Waals surface area contributed by atoms with Crippen molar-refractivity contribution in [3.05, 3.63) is 23.7 Å². The van der Waals surface area contributed by atoms with Crippen molar-refractivity contribution in [1.29, 1.82) is 0 Å². The average Bonchev–Trinajstić information content (AvgIpc) is 3.24. The molecule has 0 N–H and O–H groups in total. The highest BCUT2D eigenvalue weighted by atomic mass is 32.2. The van der Waals surface area contributed by atoms with Gasteiger partial charge in [0.1, 0.15) is 16.7 Å². The minimum atomic E-state index is 0.255. The fourth-order valence-corrected chi connectivity index (χ4v) is 3.85. The first kappa shape index (κ1) is 16.1. The van der Waals surface area contributed by atoms with Crippen LogP contribution in [0.4, 0.5) is 5.13 Å². The van der Waals surface area contributed by atoms with Crippen molar-refractivity contribution in [2.75, 3.05) is 0 Å². The number of hydrogen-bond donors (Lipinski definition) is 0. The van der Waals surface area contributed by atoms with Gasteiger partial charge >= 0.3 is 0 Å². The smallest absolute Gasteiger partial charge is 0.235 e. The number of hydrogen-bond acceptors (Lipinski definition) is 7. The third-order valence-corrected chi connectivity index (χ3v) is 5.15. The number of aliphatic imine (C=N–C) groups is 1. The second-order valence-corrected chi connectivity index (χ2v) is 7.69. The number of nitrogens with zero attached hydrogens (tertiary/aromatic N) is 7. The lowest BCUT2D eigenvalue weighted by Gasteiger charge is -2.23. The predicted molar refractivity (Wildman–Crippen MR) is 95.2 cm³/mol. The molecule has 2 aromatic heterocycles. The van der Waals surface area contributed by atoms with Gasteiger partial charge in [0.25, 0.3) is 0 Å². The van der Waals surface area contributed by atoms with E-state index in [-0.39, 0.29) is 5.37 Å². The summed E-state index contributed by atoms with van der Waals surface area (Å²) in [5.74, 6) is 0.712. The van der Waals surface area contributed by atoms with Gasteiger partial charge in [-0.15, -0.1) is 10.2 Å². The second-order valence-electron chi connectivity index (χ2n) is 5.16. The zero-order valence-corrected chi connectivity index (χ0v) is 15.0. The van der Waals surface area contributed by atoms with Crippen molar-refractivity contribution in [2.24, 2.45) is 10.1 Å². The van der Waals surface area contributed by atoms with Gasteiger partial charge in [0.15, 0.2) is 0 Å². The molecule has 0 amide bonds. The summed E-state index contributed by atoms with van der Waals surface area (Å²) in [4.78, 5) is 8.82. The zero-order chi connectivity index (χ0) is 16.2. The van der Waals surface area contributed by atoms with Crippen LogP contribution >= 0.6 is 23.1 Å². The number of aromatic nitrogens is 4. The van der Waals surface area contributed by atoms with Crippen LogP contribution in [0.25, 0.3) is 0 Å². The Balaban J connectivity index is 1.96. The van der Waals surface area contributed by atoms with Crippen molar-refractivity contribution < 1.29 is 0 Å². The van der Waals surface area contributed by atoms with Crippen LogP contribution in [0.1, 0.15) is 38.1 Å². The predicted octanol–water partition coefficient (Wildman–Crippen LogP) is 3.48. The Hall–Kier alpha value is -1.74. The fraction of sp³-hybridized carbons (Fsp3) is 0.500. The summed E-state index contributed by atoms with van der Waals surface area (Å²) in [6, 6.07) is 0. The molecule has 0 bridgehead atoms. The molecule has 0 aromatic carbocycles. The zero-order valence-electron chi connectivity index (χ0n) is 13.4. The normalized spacial score (nSPS) is 18.6. The summed E-state index contributed by atoms with van der Waals surface area (Å²) in [5.41, 5.74) is 0. The van der Waals surface area contributed by atoms with E-state index >= 15 is 0 Å². The van der Waals surface area contributed by atoms with Crippen molar-refractivity contribution in [1.82, 2.24) is 24.8 Å². The highest BCUT2D eigenvalue weighted by Gasteiger charge is 2.30. The Labute approximate surface area is 143 Å². The molecule has 0 fully saturated rings. The van der Waals surface area contributed by atoms with Crippen LogP contribution in [0, 0.1) is 6.92 Å². The quantitative estimate of drug-likeness (QED) is 0.624. The molecular weight excluding hydrogens is 330 g/mol. The lowest BCUT2D eigenvalue weighted by Crippen LogP contribution is -2.35. The summed E-state index contributed by atoms with van der Waals surface area (Å²) >= 11 is 3.25. The third kappa shape index (κ3) is 3.78. The van der Waals surface area contributed by atoms with Gasteiger partial charge in [-0.3, -0.25) is 4.57 Å². The molecule has 1 unspecified atom stereocenters. The van der Waals surface area contributed by atoms with Gasteiger partial charge in [-0.25, -0.2) is 9.99 Å². The Morgan fingerprint density at radius 2 is 2.22 bits per heavy atom. The van der Waals surface area contributed by atoms with E-state index in [0.717, 1.165) is 29.3 Å². The molecule has 1 aliphatic rings. The van der Waals surface area contributed by atoms with Crippen molar-refractivity contribution in [2.45, 2.75) is 45.4 Å². The minimum absolute atomic E-state index is 0.255. The van der Waals surface area contributed by atoms with E-state index in [1.807, 2.05) is 29.6 Å². The molecule has 23 heavy (non-hydrogen) atoms. The van der Waals surface area contributed by atoms with E-state index in [0.29, 0.717) is 11.1 Å². The van der Waals surface area contributed by atoms with Crippen LogP contribution in [-0.2, 0) is 0 Å². The number of imidazole rings is 1. The van der Waals surface area contributed by atoms with Crippen LogP contribution in [0.15, 0.2) is 28.8 Å². The molecular formula is C14H19N7S2. The second kappa shape index (κ2) is 7.22. The summed E-state index contributed by atoms with van der Waals surface area (Å²) in [6.45, 7) is 6.16. The average molecular weight is 349 g/mol. The minimum Gasteiger partial charge on any atom is -0.275 e. The summed E-state index contributed by atoms with van der Waals surface area (Å²) in [5, 5.41) is 17.6. The topological polar surface area (TPSA) is 71.6 Å². The molecule has 0 saturated heterocycles. The van der Waals surface area contributed by atoms with Crippen LogP contribution in [0.2, 0.25) is 0 Å². The monoisotopic (exact) mass is 349 g/mol. The molecule has 3 rings (SSSR count). The molecule has 0 saturated carbocycles. The first-order valence-electron chi connectivity index (χ1n) is 7.55. The number of thioether (sulfide) groups is 1. The van der Waals surface area contributed by atoms with E-state index in [1.54, 1.807) is 24.3 Å². The molecule has 0 radical (unpaired) electrons. The van der Waals surface area contributed by atoms with Gasteiger partial charge < -0.3 is 0 Å². The van der Waals surface area contributed by atoms with E-state index in [2.05, 4.69) is 32.2 Å². The van der Waals surface area contributed by atoms with Crippen LogP contribution in [-0.4, -0.2) is 41.1 Å². The first-order chi connectivity index (χ1) is 11.2. The van der Waals surface area contributed by atoms with E-state index in [4.69, 9.17) is 0 Å². The summed E-state index contributed by atoms with van der Waals surface area (Å²) in [7, 11) is 0. The van der Waals surface area contributed by atoms with Gasteiger partial charge in [-0.05, 0) is 20.3 Å². The van der Waals surface area contributed by atoms with Gasteiger partial charge in [-0.1, -0.05) is 42.9 Å². The lowest BCUT2D eigenvalue weighted by atomic mass is 10.2. The first-order valence-corrected chi connectivity index (χ1v) is 9.25. The number of rotatable bonds is 4. The Bertz CT molecular complexity index is 705. The van der Waals surface area contributed by atoms with Gasteiger partial charge in [0.05, 0.1) is 5.04 Å². The molecule has 122 valence electrons. The van der Waals surface area contributed by atoms with Gasteiger partial charge in [0, 0.05) is 12.4 Å². The van der Waals surface area contributed by atoms with Gasteiger partial charge in [0.2, 0.25) is 11.1 Å².